The van der Waals surface area contributed by atoms with E-state index in [0.29, 0.717) is 12.8 Å². The summed E-state index contributed by atoms with van der Waals surface area (Å²) in [7, 11) is 0. The summed E-state index contributed by atoms with van der Waals surface area (Å²) in [5.74, 6) is 0.103. The molecule has 1 aliphatic rings. The maximum absolute atomic E-state index is 10.9. The molecule has 0 aromatic rings. The van der Waals surface area contributed by atoms with Crippen LogP contribution in [-0.2, 0) is 14.3 Å². The molecule has 0 N–H and O–H groups in total. The molecule has 0 radical (unpaired) electrons. The van der Waals surface area contributed by atoms with Crippen molar-refractivity contribution < 1.29 is 14.3 Å². The van der Waals surface area contributed by atoms with Gasteiger partial charge in [0.25, 0.3) is 0 Å². The van der Waals surface area contributed by atoms with Crippen molar-refractivity contribution in [2.75, 3.05) is 0 Å². The summed E-state index contributed by atoms with van der Waals surface area (Å²) < 4.78 is 4.93. The lowest BCUT2D eigenvalue weighted by molar-refractivity contribution is -0.147. The van der Waals surface area contributed by atoms with Crippen molar-refractivity contribution in [3.8, 4) is 0 Å². The fraction of sp³-hybridized carbons (Fsp3) is 0.750. The van der Waals surface area contributed by atoms with Crippen molar-refractivity contribution in [1.29, 1.82) is 0 Å². The second-order valence-electron chi connectivity index (χ2n) is 3.07. The molecule has 0 amide bonds. The fourth-order valence-corrected chi connectivity index (χ4v) is 1.37. The molecule has 1 fully saturated rings. The molecule has 2 atom stereocenters. The number of ether oxygens (including phenoxy) is 1. The molecule has 1 rings (SSSR count). The lowest BCUT2D eigenvalue weighted by Crippen LogP contribution is -2.18. The molecule has 0 aromatic carbocycles. The molecule has 3 nitrogen and oxygen atoms in total. The number of hydrogen-bond donors (Lipinski definition) is 0. The molecule has 0 bridgehead atoms. The van der Waals surface area contributed by atoms with Gasteiger partial charge in [0.15, 0.2) is 0 Å². The zero-order chi connectivity index (χ0) is 8.43. The fourth-order valence-electron chi connectivity index (χ4n) is 1.37. The molecular weight excluding hydrogens is 144 g/mol. The van der Waals surface area contributed by atoms with E-state index < -0.39 is 0 Å². The highest BCUT2D eigenvalue weighted by Crippen LogP contribution is 2.24. The van der Waals surface area contributed by atoms with Gasteiger partial charge in [0, 0.05) is 25.7 Å². The van der Waals surface area contributed by atoms with Crippen molar-refractivity contribution in [2.45, 2.75) is 32.8 Å². The Hall–Kier alpha value is -0.860. The van der Waals surface area contributed by atoms with Gasteiger partial charge < -0.3 is 4.74 Å². The maximum Gasteiger partial charge on any atom is 0.302 e. The van der Waals surface area contributed by atoms with E-state index in [4.69, 9.17) is 4.74 Å². The highest BCUT2D eigenvalue weighted by molar-refractivity contribution is 5.82. The van der Waals surface area contributed by atoms with E-state index in [1.54, 1.807) is 0 Å². The van der Waals surface area contributed by atoms with Gasteiger partial charge in [0.05, 0.1) is 0 Å². The van der Waals surface area contributed by atoms with Gasteiger partial charge in [-0.3, -0.25) is 9.59 Å². The Bertz CT molecular complexity index is 186. The quantitative estimate of drug-likeness (QED) is 0.530. The zero-order valence-corrected chi connectivity index (χ0v) is 6.79. The number of carbonyl (C=O) groups is 2. The van der Waals surface area contributed by atoms with Gasteiger partial charge in [-0.05, 0) is 0 Å². The molecule has 0 aliphatic heterocycles. The van der Waals surface area contributed by atoms with Crippen molar-refractivity contribution in [3.63, 3.8) is 0 Å². The summed E-state index contributed by atoms with van der Waals surface area (Å²) in [6.07, 6.45) is 0.790. The SMILES string of the molecule is CC(=O)O[C@@H]1CC(=O)C[C@H]1C. The molecule has 0 heterocycles. The van der Waals surface area contributed by atoms with Crippen molar-refractivity contribution in [1.82, 2.24) is 0 Å². The van der Waals surface area contributed by atoms with E-state index in [0.717, 1.165) is 0 Å². The molecule has 0 aromatic heterocycles. The molecule has 0 unspecified atom stereocenters. The summed E-state index contributed by atoms with van der Waals surface area (Å²) in [6, 6.07) is 0. The highest BCUT2D eigenvalue weighted by Gasteiger charge is 2.31. The van der Waals surface area contributed by atoms with Crippen LogP contribution in [-0.4, -0.2) is 17.9 Å². The number of hydrogen-bond acceptors (Lipinski definition) is 3. The Morgan fingerprint density at radius 3 is 2.55 bits per heavy atom. The van der Waals surface area contributed by atoms with E-state index in [1.165, 1.54) is 6.92 Å². The number of ketones is 1. The third-order valence-corrected chi connectivity index (χ3v) is 1.93. The van der Waals surface area contributed by atoms with Crippen LogP contribution in [0, 0.1) is 5.92 Å². The van der Waals surface area contributed by atoms with Crippen molar-refractivity contribution >= 4 is 11.8 Å². The minimum atomic E-state index is -0.295. The smallest absolute Gasteiger partial charge is 0.302 e. The average molecular weight is 156 g/mol. The second-order valence-corrected chi connectivity index (χ2v) is 3.07. The largest absolute Gasteiger partial charge is 0.462 e. The zero-order valence-electron chi connectivity index (χ0n) is 6.79. The predicted molar refractivity (Wildman–Crippen MR) is 39.0 cm³/mol. The normalized spacial score (nSPS) is 30.5. The lowest BCUT2D eigenvalue weighted by Gasteiger charge is -2.13. The minimum Gasteiger partial charge on any atom is -0.462 e. The van der Waals surface area contributed by atoms with Crippen LogP contribution in [0.1, 0.15) is 26.7 Å². The minimum absolute atomic E-state index is 0.167. The first-order valence-corrected chi connectivity index (χ1v) is 3.78. The molecule has 11 heavy (non-hydrogen) atoms. The number of carbonyl (C=O) groups excluding carboxylic acids is 2. The van der Waals surface area contributed by atoms with Crippen LogP contribution < -0.4 is 0 Å². The molecule has 1 saturated carbocycles. The predicted octanol–water partition coefficient (Wildman–Crippen LogP) is 0.917. The third kappa shape index (κ3) is 2.03. The summed E-state index contributed by atoms with van der Waals surface area (Å²) in [4.78, 5) is 21.4. The van der Waals surface area contributed by atoms with Crippen molar-refractivity contribution in [3.05, 3.63) is 0 Å². The maximum atomic E-state index is 10.9. The van der Waals surface area contributed by atoms with E-state index in [-0.39, 0.29) is 23.8 Å². The van der Waals surface area contributed by atoms with Crippen LogP contribution >= 0.6 is 0 Å². The Balaban J connectivity index is 2.46. The van der Waals surface area contributed by atoms with Crippen LogP contribution in [0.25, 0.3) is 0 Å². The van der Waals surface area contributed by atoms with E-state index in [9.17, 15) is 9.59 Å². The average Bonchev–Trinajstić information content (AvgIpc) is 2.09. The Labute approximate surface area is 65.7 Å². The highest BCUT2D eigenvalue weighted by atomic mass is 16.5. The molecule has 0 saturated heterocycles. The number of Topliss-reactive ketones (excluding diaryl/α,β-unsaturated/α-hetero) is 1. The standard InChI is InChI=1S/C8H12O3/c1-5-3-7(10)4-8(5)11-6(2)9/h5,8H,3-4H2,1-2H3/t5-,8-/m1/s1. The first kappa shape index (κ1) is 8.24. The Morgan fingerprint density at radius 1 is 1.55 bits per heavy atom. The van der Waals surface area contributed by atoms with Crippen molar-refractivity contribution in [2.24, 2.45) is 5.92 Å². The molecule has 0 spiro atoms. The molecular formula is C8H12O3. The van der Waals surface area contributed by atoms with E-state index in [1.807, 2.05) is 6.92 Å². The molecule has 1 aliphatic carbocycles. The van der Waals surface area contributed by atoms with Gasteiger partial charge in [-0.15, -0.1) is 0 Å². The van der Waals surface area contributed by atoms with Crippen LogP contribution in [0.4, 0.5) is 0 Å². The first-order chi connectivity index (χ1) is 5.09. The van der Waals surface area contributed by atoms with Crippen LogP contribution in [0.15, 0.2) is 0 Å². The van der Waals surface area contributed by atoms with E-state index in [2.05, 4.69) is 0 Å². The number of esters is 1. The van der Waals surface area contributed by atoms with Gasteiger partial charge in [-0.25, -0.2) is 0 Å². The van der Waals surface area contributed by atoms with Gasteiger partial charge in [0.2, 0.25) is 0 Å². The summed E-state index contributed by atoms with van der Waals surface area (Å²) in [6.45, 7) is 3.30. The topological polar surface area (TPSA) is 43.4 Å². The second kappa shape index (κ2) is 3.03. The first-order valence-electron chi connectivity index (χ1n) is 3.78. The third-order valence-electron chi connectivity index (χ3n) is 1.93. The van der Waals surface area contributed by atoms with Crippen LogP contribution in [0.5, 0.6) is 0 Å². The number of rotatable bonds is 1. The molecule has 62 valence electrons. The summed E-state index contributed by atoms with van der Waals surface area (Å²) in [5.41, 5.74) is 0. The Morgan fingerprint density at radius 2 is 2.18 bits per heavy atom. The van der Waals surface area contributed by atoms with Gasteiger partial charge in [0.1, 0.15) is 11.9 Å². The van der Waals surface area contributed by atoms with Gasteiger partial charge in [-0.2, -0.15) is 0 Å². The van der Waals surface area contributed by atoms with Gasteiger partial charge in [-0.1, -0.05) is 6.92 Å². The van der Waals surface area contributed by atoms with Crippen LogP contribution in [0.3, 0.4) is 0 Å². The van der Waals surface area contributed by atoms with E-state index >= 15 is 0 Å². The summed E-state index contributed by atoms with van der Waals surface area (Å²) >= 11 is 0. The van der Waals surface area contributed by atoms with Crippen LogP contribution in [0.2, 0.25) is 0 Å². The monoisotopic (exact) mass is 156 g/mol. The lowest BCUT2D eigenvalue weighted by atomic mass is 10.1. The van der Waals surface area contributed by atoms with Gasteiger partial charge >= 0.3 is 5.97 Å². The summed E-state index contributed by atoms with van der Waals surface area (Å²) in [5, 5.41) is 0. The molecule has 3 heteroatoms. The Kier molecular flexibility index (Phi) is 2.27.